The Kier molecular flexibility index (Phi) is 2.20. The Hall–Kier alpha value is -0.830. The van der Waals surface area contributed by atoms with Crippen LogP contribution in [0.5, 0.6) is 0 Å². The van der Waals surface area contributed by atoms with Crippen LogP contribution in [0.1, 0.15) is 55.5 Å². The molecule has 4 bridgehead atoms. The van der Waals surface area contributed by atoms with Gasteiger partial charge in [-0.1, -0.05) is 5.16 Å². The molecule has 18 heavy (non-hydrogen) atoms. The molecule has 0 spiro atoms. The zero-order valence-corrected chi connectivity index (χ0v) is 11.1. The summed E-state index contributed by atoms with van der Waals surface area (Å²) >= 11 is 0. The van der Waals surface area contributed by atoms with Crippen LogP contribution in [-0.4, -0.2) is 5.16 Å². The van der Waals surface area contributed by atoms with Gasteiger partial charge in [-0.15, -0.1) is 0 Å². The number of hydrogen-bond donors (Lipinski definition) is 1. The first-order valence-corrected chi connectivity index (χ1v) is 7.36. The molecule has 2 N–H and O–H groups in total. The van der Waals surface area contributed by atoms with Gasteiger partial charge in [0.05, 0.1) is 0 Å². The lowest BCUT2D eigenvalue weighted by Gasteiger charge is -2.55. The van der Waals surface area contributed by atoms with E-state index in [1.165, 1.54) is 49.8 Å². The van der Waals surface area contributed by atoms with Crippen molar-refractivity contribution in [3.8, 4) is 0 Å². The van der Waals surface area contributed by atoms with Crippen molar-refractivity contribution in [1.29, 1.82) is 0 Å². The predicted octanol–water partition coefficient (Wildman–Crippen LogP) is 2.91. The van der Waals surface area contributed by atoms with Crippen molar-refractivity contribution in [2.45, 2.75) is 57.4 Å². The van der Waals surface area contributed by atoms with Crippen molar-refractivity contribution in [2.75, 3.05) is 0 Å². The topological polar surface area (TPSA) is 52.0 Å². The van der Waals surface area contributed by atoms with Gasteiger partial charge >= 0.3 is 0 Å². The second-order valence-electron chi connectivity index (χ2n) is 6.99. The molecule has 1 aromatic rings. The lowest BCUT2D eigenvalue weighted by molar-refractivity contribution is -0.0179. The minimum atomic E-state index is 0.319. The van der Waals surface area contributed by atoms with E-state index in [-0.39, 0.29) is 0 Å². The van der Waals surface area contributed by atoms with E-state index in [0.717, 1.165) is 23.4 Å². The molecular formula is C15H22N2O. The van der Waals surface area contributed by atoms with E-state index in [1.807, 2.05) is 0 Å². The van der Waals surface area contributed by atoms with Gasteiger partial charge in [-0.3, -0.25) is 0 Å². The van der Waals surface area contributed by atoms with E-state index in [0.29, 0.717) is 12.0 Å². The first-order chi connectivity index (χ1) is 8.70. The minimum absolute atomic E-state index is 0.319. The number of aromatic nitrogens is 1. The summed E-state index contributed by atoms with van der Waals surface area (Å²) in [6.45, 7) is 2.65. The molecule has 0 unspecified atom stereocenters. The van der Waals surface area contributed by atoms with Gasteiger partial charge < -0.3 is 10.3 Å². The second-order valence-corrected chi connectivity index (χ2v) is 6.99. The zero-order valence-electron chi connectivity index (χ0n) is 11.1. The number of nitrogens with zero attached hydrogens (tertiary/aromatic N) is 1. The fraction of sp³-hybridized carbons (Fsp3) is 0.800. The molecule has 1 aromatic heterocycles. The normalized spacial score (nSPS) is 41.6. The molecule has 0 atom stereocenters. The fourth-order valence-electron chi connectivity index (χ4n) is 5.44. The molecule has 5 rings (SSSR count). The summed E-state index contributed by atoms with van der Waals surface area (Å²) in [6.07, 6.45) is 8.40. The van der Waals surface area contributed by atoms with Gasteiger partial charge in [0.2, 0.25) is 0 Å². The number of hydrogen-bond acceptors (Lipinski definition) is 3. The molecule has 0 amide bonds. The monoisotopic (exact) mass is 246 g/mol. The van der Waals surface area contributed by atoms with E-state index in [9.17, 15) is 0 Å². The van der Waals surface area contributed by atoms with Crippen LogP contribution in [0.2, 0.25) is 0 Å². The highest BCUT2D eigenvalue weighted by Gasteiger charge is 2.54. The molecule has 4 aliphatic rings. The zero-order chi connectivity index (χ0) is 12.3. The summed E-state index contributed by atoms with van der Waals surface area (Å²) in [4.78, 5) is 0. The highest BCUT2D eigenvalue weighted by atomic mass is 16.5. The van der Waals surface area contributed by atoms with Crippen LogP contribution in [-0.2, 0) is 12.0 Å². The van der Waals surface area contributed by atoms with Gasteiger partial charge in [0.1, 0.15) is 11.5 Å². The Morgan fingerprint density at radius 2 is 1.72 bits per heavy atom. The van der Waals surface area contributed by atoms with Crippen molar-refractivity contribution in [2.24, 2.45) is 23.5 Å². The van der Waals surface area contributed by atoms with Crippen molar-refractivity contribution in [3.05, 3.63) is 17.0 Å². The van der Waals surface area contributed by atoms with E-state index in [4.69, 9.17) is 10.3 Å². The summed E-state index contributed by atoms with van der Waals surface area (Å²) in [5.74, 6) is 4.02. The largest absolute Gasteiger partial charge is 0.360 e. The molecule has 0 aliphatic heterocycles. The highest BCUT2D eigenvalue weighted by Crippen LogP contribution is 2.61. The van der Waals surface area contributed by atoms with Crippen molar-refractivity contribution >= 4 is 0 Å². The summed E-state index contributed by atoms with van der Waals surface area (Å²) in [7, 11) is 0. The Morgan fingerprint density at radius 3 is 2.17 bits per heavy atom. The molecule has 3 nitrogen and oxygen atoms in total. The Bertz CT molecular complexity index is 442. The Morgan fingerprint density at radius 1 is 1.17 bits per heavy atom. The van der Waals surface area contributed by atoms with Crippen LogP contribution >= 0.6 is 0 Å². The summed E-state index contributed by atoms with van der Waals surface area (Å²) in [5.41, 5.74) is 8.25. The van der Waals surface area contributed by atoms with E-state index in [2.05, 4.69) is 12.1 Å². The van der Waals surface area contributed by atoms with Gasteiger partial charge in [0.25, 0.3) is 0 Å². The quantitative estimate of drug-likeness (QED) is 0.873. The van der Waals surface area contributed by atoms with Crippen LogP contribution in [0.3, 0.4) is 0 Å². The van der Waals surface area contributed by atoms with Gasteiger partial charge in [-0.05, 0) is 63.2 Å². The average Bonchev–Trinajstić information content (AvgIpc) is 2.69. The van der Waals surface area contributed by atoms with Gasteiger partial charge in [-0.2, -0.15) is 0 Å². The molecule has 4 aliphatic carbocycles. The predicted molar refractivity (Wildman–Crippen MR) is 69.0 cm³/mol. The molecule has 1 heterocycles. The summed E-state index contributed by atoms with van der Waals surface area (Å²) < 4.78 is 5.74. The maximum atomic E-state index is 5.74. The molecular weight excluding hydrogens is 224 g/mol. The third-order valence-corrected chi connectivity index (χ3v) is 5.73. The average molecular weight is 246 g/mol. The maximum Gasteiger partial charge on any atom is 0.146 e. The molecule has 0 aromatic carbocycles. The van der Waals surface area contributed by atoms with Crippen molar-refractivity contribution in [1.82, 2.24) is 5.16 Å². The molecule has 3 heteroatoms. The van der Waals surface area contributed by atoms with Crippen molar-refractivity contribution < 1.29 is 4.52 Å². The summed E-state index contributed by atoms with van der Waals surface area (Å²) in [6, 6.07) is 0. The third kappa shape index (κ3) is 1.37. The molecule has 0 saturated heterocycles. The van der Waals surface area contributed by atoms with Crippen molar-refractivity contribution in [3.63, 3.8) is 0 Å². The smallest absolute Gasteiger partial charge is 0.146 e. The van der Waals surface area contributed by atoms with Crippen LogP contribution in [0.4, 0.5) is 0 Å². The maximum absolute atomic E-state index is 5.74. The van der Waals surface area contributed by atoms with Crippen LogP contribution in [0.25, 0.3) is 0 Å². The van der Waals surface area contributed by atoms with Gasteiger partial charge in [0.15, 0.2) is 0 Å². The third-order valence-electron chi connectivity index (χ3n) is 5.73. The number of rotatable bonds is 2. The highest BCUT2D eigenvalue weighted by molar-refractivity contribution is 5.30. The van der Waals surface area contributed by atoms with Crippen LogP contribution in [0, 0.1) is 24.7 Å². The first kappa shape index (κ1) is 11.0. The minimum Gasteiger partial charge on any atom is -0.360 e. The van der Waals surface area contributed by atoms with E-state index >= 15 is 0 Å². The second kappa shape index (κ2) is 3.60. The molecule has 4 fully saturated rings. The molecule has 98 valence electrons. The van der Waals surface area contributed by atoms with E-state index in [1.54, 1.807) is 0 Å². The van der Waals surface area contributed by atoms with Gasteiger partial charge in [0, 0.05) is 17.5 Å². The SMILES string of the molecule is Cc1c(CN)noc1C12CC3CC(CC(C3)C1)C2. The Labute approximate surface area is 108 Å². The lowest BCUT2D eigenvalue weighted by Crippen LogP contribution is -2.48. The standard InChI is InChI=1S/C15H22N2O/c1-9-13(8-16)17-18-14(9)15-5-10-2-11(6-15)4-12(3-10)7-15/h10-12H,2-8,16H2,1H3. The van der Waals surface area contributed by atoms with Crippen LogP contribution in [0.15, 0.2) is 4.52 Å². The summed E-state index contributed by atoms with van der Waals surface area (Å²) in [5, 5.41) is 4.19. The van der Waals surface area contributed by atoms with Gasteiger partial charge in [-0.25, -0.2) is 0 Å². The van der Waals surface area contributed by atoms with Crippen LogP contribution < -0.4 is 5.73 Å². The first-order valence-electron chi connectivity index (χ1n) is 7.36. The Balaban J connectivity index is 1.76. The lowest BCUT2D eigenvalue weighted by atomic mass is 9.49. The molecule has 4 saturated carbocycles. The fourth-order valence-corrected chi connectivity index (χ4v) is 5.44. The van der Waals surface area contributed by atoms with E-state index < -0.39 is 0 Å². The molecule has 0 radical (unpaired) electrons. The number of nitrogens with two attached hydrogens (primary N) is 1.